The minimum absolute atomic E-state index is 0.0774. The molecule has 1 atom stereocenters. The van der Waals surface area contributed by atoms with E-state index >= 15 is 0 Å². The van der Waals surface area contributed by atoms with Crippen molar-refractivity contribution in [2.45, 2.75) is 20.0 Å². The average Bonchev–Trinajstić information content (AvgIpc) is 3.22. The van der Waals surface area contributed by atoms with Crippen LogP contribution in [-0.2, 0) is 4.74 Å². The lowest BCUT2D eigenvalue weighted by molar-refractivity contribution is 0.191. The summed E-state index contributed by atoms with van der Waals surface area (Å²) in [6.07, 6.45) is 0.718. The van der Waals surface area contributed by atoms with Gasteiger partial charge in [-0.2, -0.15) is 0 Å². The Labute approximate surface area is 195 Å². The van der Waals surface area contributed by atoms with Gasteiger partial charge in [0.2, 0.25) is 5.90 Å². The van der Waals surface area contributed by atoms with Crippen molar-refractivity contribution in [3.63, 3.8) is 0 Å². The van der Waals surface area contributed by atoms with Crippen LogP contribution < -0.4 is 10.9 Å². The molecule has 1 unspecified atom stereocenters. The fourth-order valence-electron chi connectivity index (χ4n) is 3.67. The molecule has 2 aromatic heterocycles. The van der Waals surface area contributed by atoms with Crippen molar-refractivity contribution < 1.29 is 9.84 Å². The van der Waals surface area contributed by atoms with E-state index in [0.717, 1.165) is 5.56 Å². The number of hydrogen-bond acceptors (Lipinski definition) is 6. The Bertz CT molecular complexity index is 1380. The topological polar surface area (TPSA) is 127 Å². The number of imidazole rings is 1. The summed E-state index contributed by atoms with van der Waals surface area (Å²) in [7, 11) is 0. The van der Waals surface area contributed by atoms with Crippen LogP contribution in [0.4, 0.5) is 5.69 Å². The van der Waals surface area contributed by atoms with Gasteiger partial charge in [-0.15, -0.1) is 0 Å². The molecule has 0 saturated heterocycles. The van der Waals surface area contributed by atoms with Gasteiger partial charge in [-0.3, -0.25) is 10.2 Å². The SMILES string of the molecule is CCOC(=N)c1cc(C)c2nc(-c3c(NCC(O)c4cccc(Cl)c4)cc[nH]c3=O)[nH]c2c1. The van der Waals surface area contributed by atoms with Crippen molar-refractivity contribution in [1.82, 2.24) is 15.0 Å². The molecular formula is C24H24ClN5O3. The van der Waals surface area contributed by atoms with Crippen LogP contribution in [0.15, 0.2) is 53.5 Å². The lowest BCUT2D eigenvalue weighted by Crippen LogP contribution is -2.17. The maximum absolute atomic E-state index is 12.7. The predicted octanol–water partition coefficient (Wildman–Crippen LogP) is 4.39. The van der Waals surface area contributed by atoms with E-state index in [2.05, 4.69) is 20.3 Å². The van der Waals surface area contributed by atoms with Crippen LogP contribution in [0.25, 0.3) is 22.4 Å². The van der Waals surface area contributed by atoms with Gasteiger partial charge >= 0.3 is 0 Å². The molecule has 0 bridgehead atoms. The highest BCUT2D eigenvalue weighted by atomic mass is 35.5. The lowest BCUT2D eigenvalue weighted by Gasteiger charge is -2.15. The Morgan fingerprint density at radius 2 is 2.12 bits per heavy atom. The summed E-state index contributed by atoms with van der Waals surface area (Å²) >= 11 is 6.02. The standard InChI is InChI=1S/C24H24ClN5O3/c1-3-33-22(26)15-9-13(2)21-18(11-15)29-23(30-21)20-17(7-8-27-24(20)32)28-12-19(31)14-5-4-6-16(25)10-14/h4-11,19,26,31H,3,12H2,1-2H3,(H,29,30)(H2,27,28,32). The summed E-state index contributed by atoms with van der Waals surface area (Å²) in [5, 5.41) is 22.3. The number of benzene rings is 2. The maximum Gasteiger partial charge on any atom is 0.261 e. The molecule has 0 spiro atoms. The van der Waals surface area contributed by atoms with Gasteiger partial charge in [0.05, 0.1) is 29.4 Å². The molecule has 2 aromatic carbocycles. The highest BCUT2D eigenvalue weighted by Crippen LogP contribution is 2.27. The number of aromatic nitrogens is 3. The summed E-state index contributed by atoms with van der Waals surface area (Å²) in [4.78, 5) is 23.2. The second kappa shape index (κ2) is 9.48. The quantitative estimate of drug-likeness (QED) is 0.204. The van der Waals surface area contributed by atoms with Crippen molar-refractivity contribution in [2.75, 3.05) is 18.5 Å². The van der Waals surface area contributed by atoms with E-state index in [1.807, 2.05) is 19.9 Å². The molecule has 0 saturated carbocycles. The van der Waals surface area contributed by atoms with Gasteiger partial charge in [0.15, 0.2) is 0 Å². The normalized spacial score (nSPS) is 12.0. The molecule has 0 aliphatic heterocycles. The van der Waals surface area contributed by atoms with Crippen LogP contribution in [0.5, 0.6) is 0 Å². The molecular weight excluding hydrogens is 442 g/mol. The number of halogens is 1. The molecule has 0 aliphatic rings. The van der Waals surface area contributed by atoms with E-state index in [0.29, 0.717) is 50.9 Å². The second-order valence-electron chi connectivity index (χ2n) is 7.58. The van der Waals surface area contributed by atoms with Crippen LogP contribution in [-0.4, -0.2) is 39.1 Å². The van der Waals surface area contributed by atoms with E-state index in [1.165, 1.54) is 6.20 Å². The number of hydrogen-bond donors (Lipinski definition) is 5. The van der Waals surface area contributed by atoms with E-state index in [1.54, 1.807) is 36.4 Å². The first-order valence-electron chi connectivity index (χ1n) is 10.5. The number of fused-ring (bicyclic) bond motifs is 1. The fraction of sp³-hybridized carbons (Fsp3) is 0.208. The molecule has 2 heterocycles. The summed E-state index contributed by atoms with van der Waals surface area (Å²) in [5.74, 6) is 0.461. The first-order chi connectivity index (χ1) is 15.9. The molecule has 9 heteroatoms. The Kier molecular flexibility index (Phi) is 6.48. The lowest BCUT2D eigenvalue weighted by atomic mass is 10.1. The summed E-state index contributed by atoms with van der Waals surface area (Å²) in [6.45, 7) is 4.30. The van der Waals surface area contributed by atoms with Gasteiger partial charge in [0.25, 0.3) is 5.56 Å². The van der Waals surface area contributed by atoms with Crippen molar-refractivity contribution in [3.05, 3.63) is 80.7 Å². The number of nitrogens with zero attached hydrogens (tertiary/aromatic N) is 1. The number of aliphatic hydroxyl groups excluding tert-OH is 1. The molecule has 4 rings (SSSR count). The third-order valence-electron chi connectivity index (χ3n) is 5.24. The minimum Gasteiger partial charge on any atom is -0.478 e. The third kappa shape index (κ3) is 4.76. The zero-order valence-electron chi connectivity index (χ0n) is 18.2. The average molecular weight is 466 g/mol. The zero-order chi connectivity index (χ0) is 23.5. The highest BCUT2D eigenvalue weighted by molar-refractivity contribution is 6.30. The van der Waals surface area contributed by atoms with Crippen molar-refractivity contribution in [2.24, 2.45) is 0 Å². The second-order valence-corrected chi connectivity index (χ2v) is 8.02. The minimum atomic E-state index is -0.819. The molecule has 0 amide bonds. The van der Waals surface area contributed by atoms with E-state index in [9.17, 15) is 9.90 Å². The van der Waals surface area contributed by atoms with Gasteiger partial charge in [-0.1, -0.05) is 23.7 Å². The van der Waals surface area contributed by atoms with Gasteiger partial charge in [-0.25, -0.2) is 4.98 Å². The first-order valence-corrected chi connectivity index (χ1v) is 10.9. The number of aliphatic hydroxyl groups is 1. The van der Waals surface area contributed by atoms with Crippen LogP contribution >= 0.6 is 11.6 Å². The molecule has 33 heavy (non-hydrogen) atoms. The molecule has 5 N–H and O–H groups in total. The Hall–Kier alpha value is -3.62. The smallest absolute Gasteiger partial charge is 0.261 e. The largest absolute Gasteiger partial charge is 0.478 e. The van der Waals surface area contributed by atoms with Crippen molar-refractivity contribution in [3.8, 4) is 11.4 Å². The number of pyridine rings is 1. The molecule has 0 radical (unpaired) electrons. The monoisotopic (exact) mass is 465 g/mol. The summed E-state index contributed by atoms with van der Waals surface area (Å²) in [5.41, 5.74) is 4.08. The number of ether oxygens (including phenoxy) is 1. The number of rotatable bonds is 7. The zero-order valence-corrected chi connectivity index (χ0v) is 19.0. The number of aromatic amines is 2. The van der Waals surface area contributed by atoms with Crippen LogP contribution in [0.1, 0.15) is 29.7 Å². The van der Waals surface area contributed by atoms with Gasteiger partial charge in [0.1, 0.15) is 11.4 Å². The van der Waals surface area contributed by atoms with E-state index < -0.39 is 6.10 Å². The number of aryl methyl sites for hydroxylation is 1. The van der Waals surface area contributed by atoms with Gasteiger partial charge in [0, 0.05) is 23.3 Å². The Balaban J connectivity index is 1.67. The predicted molar refractivity (Wildman–Crippen MR) is 130 cm³/mol. The Morgan fingerprint density at radius 3 is 2.88 bits per heavy atom. The fourth-order valence-corrected chi connectivity index (χ4v) is 3.87. The maximum atomic E-state index is 12.7. The van der Waals surface area contributed by atoms with Gasteiger partial charge < -0.3 is 25.1 Å². The van der Waals surface area contributed by atoms with E-state index in [-0.39, 0.29) is 18.0 Å². The molecule has 0 aliphatic carbocycles. The van der Waals surface area contributed by atoms with Crippen molar-refractivity contribution in [1.29, 1.82) is 5.41 Å². The van der Waals surface area contributed by atoms with Crippen LogP contribution in [0.3, 0.4) is 0 Å². The molecule has 8 nitrogen and oxygen atoms in total. The third-order valence-corrected chi connectivity index (χ3v) is 5.48. The Morgan fingerprint density at radius 1 is 1.30 bits per heavy atom. The van der Waals surface area contributed by atoms with Crippen LogP contribution in [0, 0.1) is 12.3 Å². The number of anilines is 1. The molecule has 4 aromatic rings. The van der Waals surface area contributed by atoms with Crippen molar-refractivity contribution >= 4 is 34.2 Å². The van der Waals surface area contributed by atoms with Gasteiger partial charge in [-0.05, 0) is 55.3 Å². The molecule has 0 fully saturated rings. The highest BCUT2D eigenvalue weighted by Gasteiger charge is 2.17. The van der Waals surface area contributed by atoms with E-state index in [4.69, 9.17) is 21.7 Å². The first kappa shape index (κ1) is 22.6. The van der Waals surface area contributed by atoms with Crippen LogP contribution in [0.2, 0.25) is 5.02 Å². The molecule has 170 valence electrons. The number of nitrogens with one attached hydrogen (secondary N) is 4. The summed E-state index contributed by atoms with van der Waals surface area (Å²) in [6, 6.07) is 12.3. The number of H-pyrrole nitrogens is 2. The summed E-state index contributed by atoms with van der Waals surface area (Å²) < 4.78 is 5.31.